The average molecular weight is 338 g/mol. The van der Waals surface area contributed by atoms with Crippen molar-refractivity contribution in [1.29, 1.82) is 0 Å². The van der Waals surface area contributed by atoms with Crippen LogP contribution in [0.4, 0.5) is 0 Å². The first kappa shape index (κ1) is 19.6. The van der Waals surface area contributed by atoms with Gasteiger partial charge in [-0.25, -0.2) is 0 Å². The Morgan fingerprint density at radius 1 is 1.12 bits per heavy atom. The second kappa shape index (κ2) is 9.08. The zero-order chi connectivity index (χ0) is 18.3. The lowest BCUT2D eigenvalue weighted by Gasteiger charge is -2.44. The van der Waals surface area contributed by atoms with E-state index >= 15 is 0 Å². The molecule has 0 atom stereocenters. The van der Waals surface area contributed by atoms with E-state index < -0.39 is 0 Å². The van der Waals surface area contributed by atoms with Crippen LogP contribution in [0.2, 0.25) is 0 Å². The Morgan fingerprint density at radius 3 is 2.32 bits per heavy atom. The molecule has 1 fully saturated rings. The molecule has 0 N–H and O–H groups in total. The van der Waals surface area contributed by atoms with Crippen molar-refractivity contribution < 1.29 is 0 Å². The molecule has 2 rings (SSSR count). The van der Waals surface area contributed by atoms with Crippen molar-refractivity contribution in [2.45, 2.75) is 64.7 Å². The van der Waals surface area contributed by atoms with Gasteiger partial charge in [0.05, 0.1) is 0 Å². The van der Waals surface area contributed by atoms with Gasteiger partial charge < -0.3 is 4.90 Å². The number of allylic oxidation sites excluding steroid dienone is 3. The molecule has 1 aromatic carbocycles. The fourth-order valence-corrected chi connectivity index (χ4v) is 4.06. The summed E-state index contributed by atoms with van der Waals surface area (Å²) in [6, 6.07) is 11.1. The van der Waals surface area contributed by atoms with E-state index in [1.165, 1.54) is 48.1 Å². The maximum atomic E-state index is 4.38. The van der Waals surface area contributed by atoms with E-state index in [-0.39, 0.29) is 0 Å². The summed E-state index contributed by atoms with van der Waals surface area (Å²) >= 11 is 0. The van der Waals surface area contributed by atoms with Crippen molar-refractivity contribution >= 4 is 0 Å². The number of hydrogen-bond donors (Lipinski definition) is 0. The summed E-state index contributed by atoms with van der Waals surface area (Å²) in [6.45, 7) is 17.2. The molecule has 1 aliphatic heterocycles. The molecule has 0 spiro atoms. The van der Waals surface area contributed by atoms with Gasteiger partial charge in [0.1, 0.15) is 0 Å². The molecule has 136 valence electrons. The number of piperidine rings is 1. The molecule has 25 heavy (non-hydrogen) atoms. The molecule has 0 aliphatic carbocycles. The summed E-state index contributed by atoms with van der Waals surface area (Å²) in [6.07, 6.45) is 9.43. The van der Waals surface area contributed by atoms with Crippen LogP contribution in [-0.4, -0.2) is 18.0 Å². The SMILES string of the molecule is C=C(C)CC/C=C(\C)C(=C)N1CCC(CCC)(c2ccccc2)CC1. The van der Waals surface area contributed by atoms with Crippen LogP contribution in [0.15, 0.2) is 66.4 Å². The smallest absolute Gasteiger partial charge is 0.0319 e. The second-order valence-corrected chi connectivity index (χ2v) is 7.71. The number of hydrogen-bond acceptors (Lipinski definition) is 1. The van der Waals surface area contributed by atoms with Crippen LogP contribution in [0.1, 0.15) is 64.9 Å². The van der Waals surface area contributed by atoms with Crippen LogP contribution in [0, 0.1) is 0 Å². The van der Waals surface area contributed by atoms with Gasteiger partial charge in [-0.3, -0.25) is 0 Å². The third-order valence-corrected chi connectivity index (χ3v) is 5.69. The molecule has 0 radical (unpaired) electrons. The Labute approximate surface area is 155 Å². The summed E-state index contributed by atoms with van der Waals surface area (Å²) in [5.41, 5.74) is 5.66. The van der Waals surface area contributed by atoms with Gasteiger partial charge in [-0.05, 0) is 62.5 Å². The first-order chi connectivity index (χ1) is 12.0. The summed E-state index contributed by atoms with van der Waals surface area (Å²) in [7, 11) is 0. The van der Waals surface area contributed by atoms with Gasteiger partial charge >= 0.3 is 0 Å². The summed E-state index contributed by atoms with van der Waals surface area (Å²) in [4.78, 5) is 2.49. The Balaban J connectivity index is 2.01. The maximum Gasteiger partial charge on any atom is 0.0319 e. The zero-order valence-electron chi connectivity index (χ0n) is 16.5. The minimum absolute atomic E-state index is 0.352. The van der Waals surface area contributed by atoms with Gasteiger partial charge in [-0.1, -0.05) is 61.9 Å². The fraction of sp³-hybridized carbons (Fsp3) is 0.500. The van der Waals surface area contributed by atoms with Crippen LogP contribution >= 0.6 is 0 Å². The molecule has 1 saturated heterocycles. The monoisotopic (exact) mass is 337 g/mol. The van der Waals surface area contributed by atoms with Crippen molar-refractivity contribution in [2.75, 3.05) is 13.1 Å². The molecule has 1 nitrogen and oxygen atoms in total. The van der Waals surface area contributed by atoms with Crippen LogP contribution in [0.5, 0.6) is 0 Å². The molecule has 1 aromatic rings. The van der Waals surface area contributed by atoms with E-state index in [4.69, 9.17) is 0 Å². The van der Waals surface area contributed by atoms with E-state index in [0.29, 0.717) is 5.41 Å². The second-order valence-electron chi connectivity index (χ2n) is 7.71. The van der Waals surface area contributed by atoms with Gasteiger partial charge in [0.2, 0.25) is 0 Å². The van der Waals surface area contributed by atoms with Gasteiger partial charge in [0.15, 0.2) is 0 Å². The predicted molar refractivity (Wildman–Crippen MR) is 111 cm³/mol. The summed E-state index contributed by atoms with van der Waals surface area (Å²) < 4.78 is 0. The van der Waals surface area contributed by atoms with Crippen LogP contribution in [-0.2, 0) is 5.41 Å². The minimum atomic E-state index is 0.352. The van der Waals surface area contributed by atoms with E-state index in [9.17, 15) is 0 Å². The highest BCUT2D eigenvalue weighted by Crippen LogP contribution is 2.40. The lowest BCUT2D eigenvalue weighted by atomic mass is 9.70. The molecular weight excluding hydrogens is 302 g/mol. The van der Waals surface area contributed by atoms with Gasteiger partial charge in [-0.2, -0.15) is 0 Å². The molecule has 0 bridgehead atoms. The molecule has 0 saturated carbocycles. The Morgan fingerprint density at radius 2 is 1.76 bits per heavy atom. The largest absolute Gasteiger partial charge is 0.372 e. The van der Waals surface area contributed by atoms with Crippen LogP contribution in [0.3, 0.4) is 0 Å². The van der Waals surface area contributed by atoms with Gasteiger partial charge in [0, 0.05) is 18.8 Å². The zero-order valence-corrected chi connectivity index (χ0v) is 16.5. The highest BCUT2D eigenvalue weighted by molar-refractivity contribution is 5.29. The third-order valence-electron chi connectivity index (χ3n) is 5.69. The van der Waals surface area contributed by atoms with Crippen molar-refractivity contribution in [2.24, 2.45) is 0 Å². The van der Waals surface area contributed by atoms with Crippen molar-refractivity contribution in [3.63, 3.8) is 0 Å². The molecule has 0 amide bonds. The third kappa shape index (κ3) is 5.11. The van der Waals surface area contributed by atoms with E-state index in [1.54, 1.807) is 0 Å². The van der Waals surface area contributed by atoms with Crippen molar-refractivity contribution in [3.8, 4) is 0 Å². The standard InChI is InChI=1S/C24H35N/c1-6-15-24(23-13-8-7-9-14-23)16-18-25(19-17-24)22(5)21(4)12-10-11-20(2)3/h7-9,12-14H,2,5-6,10-11,15-19H2,1,3-4H3/b21-12+. The van der Waals surface area contributed by atoms with Crippen LogP contribution in [0.25, 0.3) is 0 Å². The Bertz CT molecular complexity index is 600. The lowest BCUT2D eigenvalue weighted by molar-refractivity contribution is 0.185. The Hall–Kier alpha value is -1.76. The minimum Gasteiger partial charge on any atom is -0.372 e. The first-order valence-corrected chi connectivity index (χ1v) is 9.79. The highest BCUT2D eigenvalue weighted by Gasteiger charge is 2.35. The van der Waals surface area contributed by atoms with Gasteiger partial charge in [0.25, 0.3) is 0 Å². The number of nitrogens with zero attached hydrogens (tertiary/aromatic N) is 1. The summed E-state index contributed by atoms with van der Waals surface area (Å²) in [5, 5.41) is 0. The quantitative estimate of drug-likeness (QED) is 0.380. The average Bonchev–Trinajstić information content (AvgIpc) is 2.62. The molecule has 1 aliphatic rings. The van der Waals surface area contributed by atoms with Crippen molar-refractivity contribution in [3.05, 3.63) is 72.0 Å². The Kier molecular flexibility index (Phi) is 7.11. The van der Waals surface area contributed by atoms with E-state index in [2.05, 4.69) is 75.2 Å². The van der Waals surface area contributed by atoms with Crippen LogP contribution < -0.4 is 0 Å². The first-order valence-electron chi connectivity index (χ1n) is 9.79. The van der Waals surface area contributed by atoms with E-state index in [0.717, 1.165) is 25.9 Å². The fourth-order valence-electron chi connectivity index (χ4n) is 4.06. The number of benzene rings is 1. The molecular formula is C24H35N. The van der Waals surface area contributed by atoms with E-state index in [1.807, 2.05) is 0 Å². The molecule has 1 heterocycles. The van der Waals surface area contributed by atoms with Crippen molar-refractivity contribution in [1.82, 2.24) is 4.90 Å². The topological polar surface area (TPSA) is 3.24 Å². The predicted octanol–water partition coefficient (Wildman–Crippen LogP) is 6.64. The maximum absolute atomic E-state index is 4.38. The highest BCUT2D eigenvalue weighted by atomic mass is 15.1. The molecule has 0 aromatic heterocycles. The normalized spacial score (nSPS) is 17.4. The number of likely N-dealkylation sites (tertiary alicyclic amines) is 1. The number of rotatable bonds is 8. The van der Waals surface area contributed by atoms with Gasteiger partial charge in [-0.15, -0.1) is 6.58 Å². The molecule has 1 heteroatoms. The summed E-state index contributed by atoms with van der Waals surface area (Å²) in [5.74, 6) is 0. The molecule has 0 unspecified atom stereocenters. The lowest BCUT2D eigenvalue weighted by Crippen LogP contribution is -2.42.